The third-order valence-corrected chi connectivity index (χ3v) is 6.63. The van der Waals surface area contributed by atoms with E-state index in [4.69, 9.17) is 18.9 Å². The van der Waals surface area contributed by atoms with Gasteiger partial charge in [0.15, 0.2) is 16.3 Å². The zero-order valence-corrected chi connectivity index (χ0v) is 19.7. The Morgan fingerprint density at radius 3 is 2.71 bits per heavy atom. The summed E-state index contributed by atoms with van der Waals surface area (Å²) in [6.07, 6.45) is 1.81. The van der Waals surface area contributed by atoms with Gasteiger partial charge in [-0.05, 0) is 55.3 Å². The van der Waals surface area contributed by atoms with Crippen molar-refractivity contribution in [3.8, 4) is 17.2 Å². The van der Waals surface area contributed by atoms with Gasteiger partial charge in [-0.3, -0.25) is 9.36 Å². The van der Waals surface area contributed by atoms with E-state index >= 15 is 0 Å². The van der Waals surface area contributed by atoms with Crippen molar-refractivity contribution in [2.24, 2.45) is 4.99 Å². The quantitative estimate of drug-likeness (QED) is 0.524. The molecule has 0 saturated heterocycles. The number of hydrogen-bond acceptors (Lipinski definition) is 8. The lowest BCUT2D eigenvalue weighted by Gasteiger charge is -2.24. The van der Waals surface area contributed by atoms with Crippen LogP contribution < -0.4 is 29.1 Å². The highest BCUT2D eigenvalue weighted by molar-refractivity contribution is 7.07. The molecule has 3 heterocycles. The van der Waals surface area contributed by atoms with Gasteiger partial charge in [0.1, 0.15) is 5.75 Å². The summed E-state index contributed by atoms with van der Waals surface area (Å²) in [6.45, 7) is 3.84. The molecular formula is C25H22N2O6S. The third-order valence-electron chi connectivity index (χ3n) is 5.64. The Morgan fingerprint density at radius 2 is 1.97 bits per heavy atom. The number of hydrogen-bond donors (Lipinski definition) is 0. The van der Waals surface area contributed by atoms with E-state index in [0.29, 0.717) is 37.7 Å². The predicted octanol–water partition coefficient (Wildman–Crippen LogP) is 2.54. The molecular weight excluding hydrogens is 456 g/mol. The zero-order chi connectivity index (χ0) is 23.8. The molecule has 1 aromatic heterocycles. The smallest absolute Gasteiger partial charge is 0.338 e. The van der Waals surface area contributed by atoms with Gasteiger partial charge in [-0.25, -0.2) is 9.79 Å². The van der Waals surface area contributed by atoms with E-state index in [0.717, 1.165) is 11.3 Å². The molecule has 2 aliphatic heterocycles. The van der Waals surface area contributed by atoms with Crippen LogP contribution in [0.5, 0.6) is 17.2 Å². The molecule has 0 N–H and O–H groups in total. The number of ether oxygens (including phenoxy) is 4. The van der Waals surface area contributed by atoms with Gasteiger partial charge in [0, 0.05) is 0 Å². The molecule has 0 spiro atoms. The second-order valence-corrected chi connectivity index (χ2v) is 8.70. The van der Waals surface area contributed by atoms with Crippen LogP contribution in [0.25, 0.3) is 6.08 Å². The molecule has 0 radical (unpaired) electrons. The zero-order valence-electron chi connectivity index (χ0n) is 18.9. The first-order valence-corrected chi connectivity index (χ1v) is 11.5. The summed E-state index contributed by atoms with van der Waals surface area (Å²) in [5.41, 5.74) is 2.16. The van der Waals surface area contributed by atoms with Crippen molar-refractivity contribution in [1.82, 2.24) is 4.57 Å². The van der Waals surface area contributed by atoms with Crippen LogP contribution in [0.2, 0.25) is 0 Å². The van der Waals surface area contributed by atoms with Crippen molar-refractivity contribution in [2.45, 2.75) is 19.9 Å². The molecule has 5 rings (SSSR count). The molecule has 0 amide bonds. The molecule has 9 heteroatoms. The molecule has 0 fully saturated rings. The summed E-state index contributed by atoms with van der Waals surface area (Å²) in [5.74, 6) is 1.41. The Bertz CT molecular complexity index is 1480. The van der Waals surface area contributed by atoms with E-state index < -0.39 is 12.0 Å². The molecule has 34 heavy (non-hydrogen) atoms. The highest BCUT2D eigenvalue weighted by atomic mass is 32.1. The van der Waals surface area contributed by atoms with E-state index in [1.807, 2.05) is 36.4 Å². The summed E-state index contributed by atoms with van der Waals surface area (Å²) in [4.78, 5) is 31.7. The number of allylic oxidation sites excluding steroid dienone is 1. The monoisotopic (exact) mass is 478 g/mol. The molecule has 1 atom stereocenters. The second-order valence-electron chi connectivity index (χ2n) is 7.69. The van der Waals surface area contributed by atoms with Crippen LogP contribution in [0.15, 0.2) is 63.5 Å². The number of nitrogens with zero attached hydrogens (tertiary/aromatic N) is 2. The average Bonchev–Trinajstić information content (AvgIpc) is 3.42. The lowest BCUT2D eigenvalue weighted by molar-refractivity contribution is -0.139. The Morgan fingerprint density at radius 1 is 1.21 bits per heavy atom. The first-order valence-electron chi connectivity index (χ1n) is 10.7. The minimum absolute atomic E-state index is 0.128. The molecule has 0 saturated carbocycles. The van der Waals surface area contributed by atoms with E-state index in [-0.39, 0.29) is 19.0 Å². The minimum Gasteiger partial charge on any atom is -0.497 e. The van der Waals surface area contributed by atoms with Crippen LogP contribution in [-0.2, 0) is 9.53 Å². The number of methoxy groups -OCH3 is 1. The van der Waals surface area contributed by atoms with Crippen LogP contribution in [0.3, 0.4) is 0 Å². The first-order chi connectivity index (χ1) is 16.5. The number of carbonyl (C=O) groups is 1. The molecule has 174 valence electrons. The number of aromatic nitrogens is 1. The topological polar surface area (TPSA) is 88.4 Å². The summed E-state index contributed by atoms with van der Waals surface area (Å²) >= 11 is 1.28. The number of carbonyl (C=O) groups excluding carboxylic acids is 1. The summed E-state index contributed by atoms with van der Waals surface area (Å²) in [6, 6.07) is 12.1. The lowest BCUT2D eigenvalue weighted by atomic mass is 9.95. The molecule has 2 aromatic carbocycles. The Balaban J connectivity index is 1.69. The van der Waals surface area contributed by atoms with Gasteiger partial charge in [0.25, 0.3) is 5.56 Å². The SMILES string of the molecule is CCOC(=O)C1=C(C)N=c2s/c(=C/c3ccc(OC)cc3)c(=O)n2[C@H]1c1ccc2c(c1)OCO2. The Kier molecular flexibility index (Phi) is 5.70. The van der Waals surface area contributed by atoms with Crippen molar-refractivity contribution in [2.75, 3.05) is 20.5 Å². The maximum atomic E-state index is 13.6. The maximum Gasteiger partial charge on any atom is 0.338 e. The fraction of sp³-hybridized carbons (Fsp3) is 0.240. The van der Waals surface area contributed by atoms with Crippen molar-refractivity contribution in [1.29, 1.82) is 0 Å². The highest BCUT2D eigenvalue weighted by Crippen LogP contribution is 2.38. The van der Waals surface area contributed by atoms with Crippen molar-refractivity contribution >= 4 is 23.4 Å². The normalized spacial score (nSPS) is 16.8. The van der Waals surface area contributed by atoms with E-state index in [1.54, 1.807) is 37.7 Å². The minimum atomic E-state index is -0.706. The number of esters is 1. The fourth-order valence-corrected chi connectivity index (χ4v) is 5.09. The first kappa shape index (κ1) is 22.0. The van der Waals surface area contributed by atoms with Gasteiger partial charge < -0.3 is 18.9 Å². The lowest BCUT2D eigenvalue weighted by Crippen LogP contribution is -2.39. The van der Waals surface area contributed by atoms with Gasteiger partial charge in [-0.1, -0.05) is 29.5 Å². The fourth-order valence-electron chi connectivity index (χ4n) is 4.04. The van der Waals surface area contributed by atoms with Crippen LogP contribution >= 0.6 is 11.3 Å². The standard InChI is InChI=1S/C25H22N2O6S/c1-4-31-24(29)21-14(2)26-25-27(22(21)16-7-10-18-19(12-16)33-13-32-18)23(28)20(34-25)11-15-5-8-17(30-3)9-6-15/h5-12,22H,4,13H2,1-3H3/b20-11+/t22-/m0/s1. The van der Waals surface area contributed by atoms with Gasteiger partial charge in [-0.15, -0.1) is 0 Å². The second kappa shape index (κ2) is 8.83. The predicted molar refractivity (Wildman–Crippen MR) is 126 cm³/mol. The van der Waals surface area contributed by atoms with Crippen LogP contribution in [0.1, 0.15) is 31.0 Å². The molecule has 0 aliphatic carbocycles. The summed E-state index contributed by atoms with van der Waals surface area (Å²) < 4.78 is 23.6. The van der Waals surface area contributed by atoms with Gasteiger partial charge in [-0.2, -0.15) is 0 Å². The van der Waals surface area contributed by atoms with Crippen LogP contribution in [0, 0.1) is 0 Å². The Labute approximate surface area is 199 Å². The van der Waals surface area contributed by atoms with Gasteiger partial charge in [0.05, 0.1) is 35.6 Å². The number of rotatable bonds is 5. The largest absolute Gasteiger partial charge is 0.497 e. The third kappa shape index (κ3) is 3.77. The molecule has 3 aromatic rings. The highest BCUT2D eigenvalue weighted by Gasteiger charge is 2.34. The number of benzene rings is 2. The van der Waals surface area contributed by atoms with Crippen molar-refractivity contribution < 1.29 is 23.7 Å². The number of thiazole rings is 1. The maximum absolute atomic E-state index is 13.6. The van der Waals surface area contributed by atoms with Gasteiger partial charge in [0.2, 0.25) is 6.79 Å². The molecule has 0 unspecified atom stereocenters. The van der Waals surface area contributed by atoms with Gasteiger partial charge >= 0.3 is 5.97 Å². The summed E-state index contributed by atoms with van der Waals surface area (Å²) in [5, 5.41) is 0. The average molecular weight is 479 g/mol. The van der Waals surface area contributed by atoms with E-state index in [1.165, 1.54) is 11.3 Å². The molecule has 8 nitrogen and oxygen atoms in total. The van der Waals surface area contributed by atoms with Crippen molar-refractivity contribution in [3.05, 3.63) is 84.5 Å². The van der Waals surface area contributed by atoms with Crippen LogP contribution in [-0.4, -0.2) is 31.0 Å². The molecule has 2 aliphatic rings. The summed E-state index contributed by atoms with van der Waals surface area (Å²) in [7, 11) is 1.60. The van der Waals surface area contributed by atoms with Crippen LogP contribution in [0.4, 0.5) is 0 Å². The van der Waals surface area contributed by atoms with E-state index in [2.05, 4.69) is 4.99 Å². The molecule has 0 bridgehead atoms. The van der Waals surface area contributed by atoms with Crippen molar-refractivity contribution in [3.63, 3.8) is 0 Å². The number of fused-ring (bicyclic) bond motifs is 2. The van der Waals surface area contributed by atoms with E-state index in [9.17, 15) is 9.59 Å². The Hall–Kier alpha value is -3.85.